The molecule has 0 amide bonds. The number of carbonyl (C=O) groups excluding carboxylic acids is 1. The first-order valence-electron chi connectivity index (χ1n) is 16.3. The van der Waals surface area contributed by atoms with E-state index in [-0.39, 0.29) is 39.1 Å². The van der Waals surface area contributed by atoms with Crippen molar-refractivity contribution >= 4 is 5.97 Å². The number of likely N-dealkylation sites (N-methyl/N-ethyl adjacent to an activating group) is 1. The lowest BCUT2D eigenvalue weighted by Gasteiger charge is -2.71. The van der Waals surface area contributed by atoms with Crippen LogP contribution in [0.25, 0.3) is 0 Å². The lowest BCUT2D eigenvalue weighted by atomic mass is 9.33. The fourth-order valence-corrected chi connectivity index (χ4v) is 11.4. The summed E-state index contributed by atoms with van der Waals surface area (Å²) in [6, 6.07) is 0. The lowest BCUT2D eigenvalue weighted by Crippen LogP contribution is -2.65. The minimum Gasteiger partial charge on any atom is -0.459 e. The highest BCUT2D eigenvalue weighted by molar-refractivity contribution is 5.79. The zero-order valence-electron chi connectivity index (χ0n) is 27.0. The fourth-order valence-electron chi connectivity index (χ4n) is 11.4. The number of quaternary nitrogens is 1. The molecule has 4 nitrogen and oxygen atoms in total. The summed E-state index contributed by atoms with van der Waals surface area (Å²) in [4.78, 5) is 14.1. The summed E-state index contributed by atoms with van der Waals surface area (Å²) in [6.07, 6.45) is 12.3. The molecule has 0 spiro atoms. The van der Waals surface area contributed by atoms with Gasteiger partial charge in [0.1, 0.15) is 13.2 Å². The maximum absolute atomic E-state index is 14.1. The third kappa shape index (κ3) is 4.15. The van der Waals surface area contributed by atoms with Gasteiger partial charge in [-0.25, -0.2) is 0 Å². The zero-order valence-corrected chi connectivity index (χ0v) is 27.0. The number of ether oxygens (including phenoxy) is 1. The van der Waals surface area contributed by atoms with Crippen LogP contribution in [0.2, 0.25) is 0 Å². The molecule has 0 aliphatic heterocycles. The van der Waals surface area contributed by atoms with Gasteiger partial charge in [0.15, 0.2) is 0 Å². The van der Waals surface area contributed by atoms with Gasteiger partial charge in [0.05, 0.1) is 32.7 Å². The summed E-state index contributed by atoms with van der Waals surface area (Å²) in [7, 11) is 6.50. The van der Waals surface area contributed by atoms with Crippen LogP contribution < -0.4 is 0 Å². The third-order valence-corrected chi connectivity index (χ3v) is 14.4. The number of rotatable bonds is 4. The molecule has 1 N–H and O–H groups in total. The van der Waals surface area contributed by atoms with Crippen LogP contribution >= 0.6 is 0 Å². The van der Waals surface area contributed by atoms with Gasteiger partial charge in [0.2, 0.25) is 0 Å². The van der Waals surface area contributed by atoms with Gasteiger partial charge < -0.3 is 14.3 Å². The van der Waals surface area contributed by atoms with Crippen molar-refractivity contribution < 1.29 is 19.1 Å². The second kappa shape index (κ2) is 9.32. The third-order valence-electron chi connectivity index (χ3n) is 14.4. The molecular weight excluding hydrogens is 482 g/mol. The summed E-state index contributed by atoms with van der Waals surface area (Å²) >= 11 is 0. The Morgan fingerprint density at radius 3 is 2.31 bits per heavy atom. The van der Waals surface area contributed by atoms with Crippen molar-refractivity contribution in [1.82, 2.24) is 0 Å². The van der Waals surface area contributed by atoms with E-state index in [1.165, 1.54) is 12.8 Å². The van der Waals surface area contributed by atoms with Crippen molar-refractivity contribution in [3.63, 3.8) is 0 Å². The average molecular weight is 543 g/mol. The van der Waals surface area contributed by atoms with Crippen LogP contribution in [0.4, 0.5) is 0 Å². The quantitative estimate of drug-likeness (QED) is 0.231. The van der Waals surface area contributed by atoms with Crippen molar-refractivity contribution in [1.29, 1.82) is 0 Å². The summed E-state index contributed by atoms with van der Waals surface area (Å²) in [5, 5.41) is 11.0. The van der Waals surface area contributed by atoms with Crippen molar-refractivity contribution in [2.45, 2.75) is 112 Å². The van der Waals surface area contributed by atoms with E-state index in [9.17, 15) is 9.90 Å². The minimum absolute atomic E-state index is 0.0240. The molecule has 0 aromatic carbocycles. The number of nitrogens with zero attached hydrogens (tertiary/aromatic N) is 1. The van der Waals surface area contributed by atoms with Crippen molar-refractivity contribution in [2.75, 3.05) is 34.3 Å². The highest BCUT2D eigenvalue weighted by Crippen LogP contribution is 2.75. The first-order valence-corrected chi connectivity index (χ1v) is 16.3. The predicted molar refractivity (Wildman–Crippen MR) is 159 cm³/mol. The first-order chi connectivity index (χ1) is 17.9. The van der Waals surface area contributed by atoms with Crippen LogP contribution in [0.3, 0.4) is 0 Å². The van der Waals surface area contributed by atoms with Gasteiger partial charge in [-0.3, -0.25) is 4.79 Å². The van der Waals surface area contributed by atoms with Crippen LogP contribution in [0.15, 0.2) is 11.6 Å². The van der Waals surface area contributed by atoms with Gasteiger partial charge in [-0.05, 0) is 109 Å². The lowest BCUT2D eigenvalue weighted by molar-refractivity contribution is -0.870. The van der Waals surface area contributed by atoms with Gasteiger partial charge in [0, 0.05) is 0 Å². The van der Waals surface area contributed by atoms with Gasteiger partial charge >= 0.3 is 5.97 Å². The van der Waals surface area contributed by atoms with Gasteiger partial charge in [-0.1, -0.05) is 60.1 Å². The Balaban J connectivity index is 1.52. The molecule has 0 aromatic rings. The van der Waals surface area contributed by atoms with E-state index >= 15 is 0 Å². The van der Waals surface area contributed by atoms with E-state index in [0.29, 0.717) is 36.2 Å². The number of hydrogen-bond acceptors (Lipinski definition) is 3. The van der Waals surface area contributed by atoms with Gasteiger partial charge in [0.25, 0.3) is 0 Å². The average Bonchev–Trinajstić information content (AvgIpc) is 2.83. The second-order valence-corrected chi connectivity index (χ2v) is 17.3. The monoisotopic (exact) mass is 542 g/mol. The zero-order chi connectivity index (χ0) is 28.8. The van der Waals surface area contributed by atoms with E-state index in [1.807, 2.05) is 0 Å². The molecule has 5 aliphatic carbocycles. The molecule has 39 heavy (non-hydrogen) atoms. The molecule has 222 valence electrons. The minimum atomic E-state index is -0.358. The molecule has 0 heterocycles. The maximum Gasteiger partial charge on any atom is 0.312 e. The molecule has 0 radical (unpaired) electrons. The number of fused-ring (bicyclic) bond motifs is 7. The van der Waals surface area contributed by atoms with E-state index in [4.69, 9.17) is 4.74 Å². The molecule has 0 bridgehead atoms. The molecule has 0 aromatic heterocycles. The van der Waals surface area contributed by atoms with E-state index in [2.05, 4.69) is 75.7 Å². The molecule has 4 fully saturated rings. The predicted octanol–water partition coefficient (Wildman–Crippen LogP) is 7.25. The number of esters is 1. The highest BCUT2D eigenvalue weighted by atomic mass is 16.5. The van der Waals surface area contributed by atoms with Crippen molar-refractivity contribution in [3.05, 3.63) is 11.6 Å². The Morgan fingerprint density at radius 2 is 1.64 bits per heavy atom. The number of aliphatic hydroxyl groups is 1. The number of allylic oxidation sites excluding steroid dienone is 2. The SMILES string of the molecule is C[C@H]1[C@H](C)CC[C@]2(C(=O)OCC[N+](C)(C)C)CC[C@]3(C)C(=CCC4[C@@]5(C)CC[C@H](O)C(C)(C)C5CC[C@]43C)[C@@H]12. The molecule has 4 heteroatoms. The van der Waals surface area contributed by atoms with E-state index < -0.39 is 0 Å². The summed E-state index contributed by atoms with van der Waals surface area (Å²) in [5.41, 5.74) is 1.83. The van der Waals surface area contributed by atoms with Crippen LogP contribution in [-0.2, 0) is 9.53 Å². The topological polar surface area (TPSA) is 46.5 Å². The fraction of sp³-hybridized carbons (Fsp3) is 0.914. The summed E-state index contributed by atoms with van der Waals surface area (Å²) < 4.78 is 6.97. The standard InChI is InChI=1S/C35H60NO3/c1-23-13-18-35(30(38)39-22-21-36(8,9)10)20-19-33(6)25(29(35)24(23)2)11-12-27-32(5)16-15-28(37)31(3,4)26(32)14-17-34(27,33)7/h11,23-24,26-29,37H,12-22H2,1-10H3/q+1/t23-,24+,26?,27?,28+,29-,32+,33-,34-,35+/m1/s1. The molecule has 5 aliphatic rings. The smallest absolute Gasteiger partial charge is 0.312 e. The van der Waals surface area contributed by atoms with Crippen LogP contribution in [-0.4, -0.2) is 56.0 Å². The van der Waals surface area contributed by atoms with Crippen LogP contribution in [0.5, 0.6) is 0 Å². The van der Waals surface area contributed by atoms with Crippen LogP contribution in [0, 0.1) is 56.7 Å². The Hall–Kier alpha value is -0.870. The van der Waals surface area contributed by atoms with Crippen molar-refractivity contribution in [3.8, 4) is 0 Å². The largest absolute Gasteiger partial charge is 0.459 e. The molecule has 10 atom stereocenters. The first kappa shape index (κ1) is 29.6. The van der Waals surface area contributed by atoms with E-state index in [1.54, 1.807) is 5.57 Å². The Labute approximate surface area is 239 Å². The molecule has 2 unspecified atom stereocenters. The Bertz CT molecular complexity index is 1010. The number of aliphatic hydroxyl groups excluding tert-OH is 1. The van der Waals surface area contributed by atoms with Crippen molar-refractivity contribution in [2.24, 2.45) is 56.7 Å². The van der Waals surface area contributed by atoms with Gasteiger partial charge in [-0.2, -0.15) is 0 Å². The van der Waals surface area contributed by atoms with E-state index in [0.717, 1.165) is 56.0 Å². The van der Waals surface area contributed by atoms with Crippen LogP contribution in [0.1, 0.15) is 106 Å². The molecule has 5 rings (SSSR count). The second-order valence-electron chi connectivity index (χ2n) is 17.3. The molecular formula is C35H60NO3+. The maximum atomic E-state index is 14.1. The Morgan fingerprint density at radius 1 is 0.949 bits per heavy atom. The molecule has 4 saturated carbocycles. The number of carbonyl (C=O) groups is 1. The molecule has 0 saturated heterocycles. The Kier molecular flexibility index (Phi) is 7.07. The normalized spacial score (nSPS) is 49.1. The summed E-state index contributed by atoms with van der Waals surface area (Å²) in [6.45, 7) is 18.7. The number of hydrogen-bond donors (Lipinski definition) is 1. The highest BCUT2D eigenvalue weighted by Gasteiger charge is 2.69. The summed E-state index contributed by atoms with van der Waals surface area (Å²) in [5.74, 6) is 2.71. The van der Waals surface area contributed by atoms with Gasteiger partial charge in [-0.15, -0.1) is 0 Å².